The summed E-state index contributed by atoms with van der Waals surface area (Å²) in [6, 6.07) is 2.51. The molecule has 122 valence electrons. The second kappa shape index (κ2) is 10.6. The number of pyridine rings is 1. The lowest BCUT2D eigenvalue weighted by molar-refractivity contribution is 0.160. The number of nitrogens with one attached hydrogen (secondary N) is 1. The average molecular weight is 355 g/mol. The number of piperazine rings is 1. The normalized spacial score (nSPS) is 17.0. The van der Waals surface area contributed by atoms with E-state index in [2.05, 4.69) is 35.1 Å². The van der Waals surface area contributed by atoms with Crippen LogP contribution < -0.4 is 5.32 Å². The smallest absolute Gasteiger partial charge is 0.0637 e. The van der Waals surface area contributed by atoms with E-state index >= 15 is 0 Å². The molecule has 1 atom stereocenters. The molecule has 1 N–H and O–H groups in total. The minimum atomic E-state index is 0. The monoisotopic (exact) mass is 353 g/mol. The Bertz CT molecular complexity index is 396. The SMILES string of the molecule is CC(C)CC[C@@H](c1ccncc1Cl)N1CCNCC1.Cl.Cl. The van der Waals surface area contributed by atoms with Gasteiger partial charge in [0.1, 0.15) is 0 Å². The molecule has 6 heteroatoms. The van der Waals surface area contributed by atoms with Crippen LogP contribution in [0.2, 0.25) is 5.02 Å². The first-order valence-electron chi connectivity index (χ1n) is 7.22. The minimum absolute atomic E-state index is 0. The van der Waals surface area contributed by atoms with Gasteiger partial charge in [0.15, 0.2) is 0 Å². The van der Waals surface area contributed by atoms with Gasteiger partial charge in [-0.2, -0.15) is 0 Å². The molecule has 1 aromatic rings. The van der Waals surface area contributed by atoms with Gasteiger partial charge < -0.3 is 5.32 Å². The lowest BCUT2D eigenvalue weighted by atomic mass is 9.96. The van der Waals surface area contributed by atoms with Gasteiger partial charge in [-0.1, -0.05) is 25.4 Å². The molecule has 0 spiro atoms. The number of hydrogen-bond donors (Lipinski definition) is 1. The quantitative estimate of drug-likeness (QED) is 0.867. The van der Waals surface area contributed by atoms with Crippen molar-refractivity contribution in [2.24, 2.45) is 5.92 Å². The van der Waals surface area contributed by atoms with Crippen molar-refractivity contribution < 1.29 is 0 Å². The van der Waals surface area contributed by atoms with Crippen LogP contribution in [0.1, 0.15) is 38.3 Å². The standard InChI is InChI=1S/C15H24ClN3.2ClH/c1-12(2)3-4-15(19-9-7-17-8-10-19)13-5-6-18-11-14(13)16;;/h5-6,11-12,15,17H,3-4,7-10H2,1-2H3;2*1H/t15-;;/m0../s1. The first-order valence-corrected chi connectivity index (χ1v) is 7.60. The van der Waals surface area contributed by atoms with E-state index in [1.807, 2.05) is 6.20 Å². The predicted octanol–water partition coefficient (Wildman–Crippen LogP) is 3.96. The van der Waals surface area contributed by atoms with E-state index in [0.717, 1.165) is 37.1 Å². The molecular weight excluding hydrogens is 329 g/mol. The summed E-state index contributed by atoms with van der Waals surface area (Å²) in [5, 5.41) is 4.21. The molecule has 1 aromatic heterocycles. The third-order valence-electron chi connectivity index (χ3n) is 3.77. The molecule has 2 heterocycles. The van der Waals surface area contributed by atoms with Crippen molar-refractivity contribution in [2.75, 3.05) is 26.2 Å². The van der Waals surface area contributed by atoms with Crippen LogP contribution >= 0.6 is 36.4 Å². The van der Waals surface area contributed by atoms with Crippen LogP contribution in [0.15, 0.2) is 18.5 Å². The van der Waals surface area contributed by atoms with Gasteiger partial charge in [-0.3, -0.25) is 9.88 Å². The van der Waals surface area contributed by atoms with Crippen molar-refractivity contribution in [3.8, 4) is 0 Å². The second-order valence-electron chi connectivity index (χ2n) is 5.67. The fraction of sp³-hybridized carbons (Fsp3) is 0.667. The van der Waals surface area contributed by atoms with Crippen molar-refractivity contribution in [3.63, 3.8) is 0 Å². The second-order valence-corrected chi connectivity index (χ2v) is 6.08. The van der Waals surface area contributed by atoms with Crippen LogP contribution in [0.3, 0.4) is 0 Å². The van der Waals surface area contributed by atoms with Gasteiger partial charge in [-0.05, 0) is 30.4 Å². The molecule has 0 saturated carbocycles. The Hall–Kier alpha value is -0.0600. The summed E-state index contributed by atoms with van der Waals surface area (Å²) in [6.45, 7) is 8.90. The zero-order valence-corrected chi connectivity index (χ0v) is 15.1. The zero-order chi connectivity index (χ0) is 13.7. The molecule has 1 fully saturated rings. The van der Waals surface area contributed by atoms with Crippen molar-refractivity contribution in [3.05, 3.63) is 29.0 Å². The lowest BCUT2D eigenvalue weighted by Crippen LogP contribution is -2.45. The molecule has 0 unspecified atom stereocenters. The lowest BCUT2D eigenvalue weighted by Gasteiger charge is -2.36. The van der Waals surface area contributed by atoms with E-state index < -0.39 is 0 Å². The van der Waals surface area contributed by atoms with Gasteiger partial charge in [-0.15, -0.1) is 24.8 Å². The first-order chi connectivity index (χ1) is 9.18. The molecule has 0 aromatic carbocycles. The van der Waals surface area contributed by atoms with Crippen molar-refractivity contribution in [1.29, 1.82) is 0 Å². The highest BCUT2D eigenvalue weighted by Gasteiger charge is 2.23. The Kier molecular flexibility index (Phi) is 10.6. The molecule has 1 aliphatic rings. The third kappa shape index (κ3) is 6.29. The van der Waals surface area contributed by atoms with Crippen molar-refractivity contribution in [2.45, 2.75) is 32.7 Å². The summed E-state index contributed by atoms with van der Waals surface area (Å²) in [5.74, 6) is 0.728. The van der Waals surface area contributed by atoms with E-state index in [1.165, 1.54) is 18.4 Å². The highest BCUT2D eigenvalue weighted by atomic mass is 35.5. The number of nitrogens with zero attached hydrogens (tertiary/aromatic N) is 2. The number of hydrogen-bond acceptors (Lipinski definition) is 3. The summed E-state index contributed by atoms with van der Waals surface area (Å²) < 4.78 is 0. The van der Waals surface area contributed by atoms with Crippen LogP contribution in [-0.4, -0.2) is 36.1 Å². The van der Waals surface area contributed by atoms with Crippen LogP contribution in [-0.2, 0) is 0 Å². The average Bonchev–Trinajstić information content (AvgIpc) is 2.42. The van der Waals surface area contributed by atoms with Crippen LogP contribution in [0.5, 0.6) is 0 Å². The Morgan fingerprint density at radius 2 is 1.90 bits per heavy atom. The van der Waals surface area contributed by atoms with Gasteiger partial charge in [0, 0.05) is 44.6 Å². The van der Waals surface area contributed by atoms with Gasteiger partial charge in [-0.25, -0.2) is 0 Å². The number of rotatable bonds is 5. The Labute approximate surface area is 145 Å². The van der Waals surface area contributed by atoms with Crippen molar-refractivity contribution in [1.82, 2.24) is 15.2 Å². The molecule has 21 heavy (non-hydrogen) atoms. The zero-order valence-electron chi connectivity index (χ0n) is 12.7. The molecule has 1 aliphatic heterocycles. The number of halogens is 3. The van der Waals surface area contributed by atoms with Gasteiger partial charge in [0.2, 0.25) is 0 Å². The summed E-state index contributed by atoms with van der Waals surface area (Å²) in [4.78, 5) is 6.66. The Balaban J connectivity index is 0.00000200. The first kappa shape index (κ1) is 20.9. The molecule has 2 rings (SSSR count). The fourth-order valence-electron chi connectivity index (χ4n) is 2.68. The van der Waals surface area contributed by atoms with Crippen molar-refractivity contribution >= 4 is 36.4 Å². The summed E-state index contributed by atoms with van der Waals surface area (Å²) in [7, 11) is 0. The van der Waals surface area contributed by atoms with Crippen LogP contribution in [0.25, 0.3) is 0 Å². The molecule has 0 amide bonds. The maximum Gasteiger partial charge on any atom is 0.0637 e. The Morgan fingerprint density at radius 3 is 2.48 bits per heavy atom. The summed E-state index contributed by atoms with van der Waals surface area (Å²) >= 11 is 6.35. The minimum Gasteiger partial charge on any atom is -0.314 e. The fourth-order valence-corrected chi connectivity index (χ4v) is 2.92. The maximum absolute atomic E-state index is 6.35. The topological polar surface area (TPSA) is 28.2 Å². The number of aromatic nitrogens is 1. The predicted molar refractivity (Wildman–Crippen MR) is 95.0 cm³/mol. The largest absolute Gasteiger partial charge is 0.314 e. The molecular formula is C15H26Cl3N3. The van der Waals surface area contributed by atoms with E-state index in [-0.39, 0.29) is 24.8 Å². The van der Waals surface area contributed by atoms with Crippen LogP contribution in [0, 0.1) is 5.92 Å². The van der Waals surface area contributed by atoms with E-state index in [9.17, 15) is 0 Å². The van der Waals surface area contributed by atoms with E-state index in [1.54, 1.807) is 6.20 Å². The Morgan fingerprint density at radius 1 is 1.24 bits per heavy atom. The van der Waals surface area contributed by atoms with E-state index in [4.69, 9.17) is 11.6 Å². The molecule has 0 aliphatic carbocycles. The highest BCUT2D eigenvalue weighted by Crippen LogP contribution is 2.31. The van der Waals surface area contributed by atoms with Gasteiger partial charge in [0.05, 0.1) is 5.02 Å². The third-order valence-corrected chi connectivity index (χ3v) is 4.09. The molecule has 0 bridgehead atoms. The molecule has 1 saturated heterocycles. The summed E-state index contributed by atoms with van der Waals surface area (Å²) in [5.41, 5.74) is 1.24. The molecule has 3 nitrogen and oxygen atoms in total. The summed E-state index contributed by atoms with van der Waals surface area (Å²) in [6.07, 6.45) is 6.02. The van der Waals surface area contributed by atoms with Gasteiger partial charge in [0.25, 0.3) is 0 Å². The maximum atomic E-state index is 6.35. The van der Waals surface area contributed by atoms with Gasteiger partial charge >= 0.3 is 0 Å². The highest BCUT2D eigenvalue weighted by molar-refractivity contribution is 6.31. The van der Waals surface area contributed by atoms with E-state index in [0.29, 0.717) is 6.04 Å². The molecule has 0 radical (unpaired) electrons. The van der Waals surface area contributed by atoms with Crippen LogP contribution in [0.4, 0.5) is 0 Å².